The van der Waals surface area contributed by atoms with Gasteiger partial charge in [0.25, 0.3) is 0 Å². The molecule has 0 spiro atoms. The number of alkyl halides is 3. The molecule has 0 aromatic rings. The molecule has 1 N–H and O–H groups in total. The number of carbonyl (C=O) groups is 1. The van der Waals surface area contributed by atoms with Crippen molar-refractivity contribution in [2.75, 3.05) is 13.1 Å². The van der Waals surface area contributed by atoms with Crippen LogP contribution in [0.2, 0.25) is 0 Å². The minimum Gasteiger partial charge on any atom is -0.281 e. The summed E-state index contributed by atoms with van der Waals surface area (Å²) in [6, 6.07) is 0. The number of carbonyl (C=O) groups excluding carboxylic acids is 1. The number of amides is 1. The van der Waals surface area contributed by atoms with E-state index < -0.39 is 12.1 Å². The summed E-state index contributed by atoms with van der Waals surface area (Å²) >= 11 is 0. The van der Waals surface area contributed by atoms with Gasteiger partial charge in [0, 0.05) is 13.1 Å². The SMILES string of the molecule is Cl.O=C(NN1CCCCC1)C(F)(F)F. The standard InChI is InChI=1S/C7H11F3N2O.ClH/c8-7(9,10)6(13)11-12-4-2-1-3-5-12;/h1-5H2,(H,11,13);1H. The number of hydrazine groups is 1. The Bertz CT molecular complexity index is 192. The molecule has 0 atom stereocenters. The molecule has 1 aliphatic rings. The lowest BCUT2D eigenvalue weighted by molar-refractivity contribution is -0.179. The van der Waals surface area contributed by atoms with E-state index in [1.54, 1.807) is 0 Å². The first-order valence-electron chi connectivity index (χ1n) is 4.13. The average molecular weight is 233 g/mol. The van der Waals surface area contributed by atoms with E-state index in [4.69, 9.17) is 0 Å². The minimum atomic E-state index is -4.78. The van der Waals surface area contributed by atoms with Gasteiger partial charge in [-0.15, -0.1) is 12.4 Å². The molecule has 1 amide bonds. The van der Waals surface area contributed by atoms with Gasteiger partial charge in [-0.2, -0.15) is 13.2 Å². The van der Waals surface area contributed by atoms with Crippen LogP contribution in [0.25, 0.3) is 0 Å². The Morgan fingerprint density at radius 3 is 2.07 bits per heavy atom. The lowest BCUT2D eigenvalue weighted by atomic mass is 10.2. The van der Waals surface area contributed by atoms with Crippen LogP contribution in [0.15, 0.2) is 0 Å². The second kappa shape index (κ2) is 5.41. The number of hydrogen-bond acceptors (Lipinski definition) is 2. The van der Waals surface area contributed by atoms with Crippen LogP contribution in [0.4, 0.5) is 13.2 Å². The highest BCUT2D eigenvalue weighted by Crippen LogP contribution is 2.15. The van der Waals surface area contributed by atoms with E-state index in [1.807, 2.05) is 5.43 Å². The lowest BCUT2D eigenvalue weighted by Gasteiger charge is -2.26. The van der Waals surface area contributed by atoms with Crippen molar-refractivity contribution in [2.45, 2.75) is 25.4 Å². The maximum atomic E-state index is 11.8. The van der Waals surface area contributed by atoms with Crippen LogP contribution >= 0.6 is 12.4 Å². The molecule has 0 aromatic heterocycles. The summed E-state index contributed by atoms with van der Waals surface area (Å²) in [5.41, 5.74) is 1.83. The normalized spacial score (nSPS) is 18.5. The van der Waals surface area contributed by atoms with E-state index in [-0.39, 0.29) is 12.4 Å². The largest absolute Gasteiger partial charge is 0.472 e. The molecule has 1 fully saturated rings. The minimum absolute atomic E-state index is 0. The summed E-state index contributed by atoms with van der Waals surface area (Å²) in [5, 5.41) is 1.32. The van der Waals surface area contributed by atoms with Crippen molar-refractivity contribution < 1.29 is 18.0 Å². The molecule has 7 heteroatoms. The molecule has 1 aliphatic heterocycles. The molecule has 84 valence electrons. The molecule has 1 saturated heterocycles. The molecule has 14 heavy (non-hydrogen) atoms. The van der Waals surface area contributed by atoms with Crippen LogP contribution in [0, 0.1) is 0 Å². The summed E-state index contributed by atoms with van der Waals surface area (Å²) in [5.74, 6) is -1.88. The van der Waals surface area contributed by atoms with Crippen molar-refractivity contribution in [2.24, 2.45) is 0 Å². The molecule has 0 aliphatic carbocycles. The Kier molecular flexibility index (Phi) is 5.22. The summed E-state index contributed by atoms with van der Waals surface area (Å²) in [7, 11) is 0. The first-order chi connectivity index (χ1) is 6.00. The van der Waals surface area contributed by atoms with E-state index in [0.717, 1.165) is 19.3 Å². The van der Waals surface area contributed by atoms with Crippen LogP contribution in [-0.2, 0) is 4.79 Å². The van der Waals surface area contributed by atoms with Gasteiger partial charge in [0.05, 0.1) is 0 Å². The molecule has 0 saturated carbocycles. The van der Waals surface area contributed by atoms with Gasteiger partial charge in [-0.25, -0.2) is 5.01 Å². The predicted molar refractivity (Wildman–Crippen MR) is 46.9 cm³/mol. The third-order valence-corrected chi connectivity index (χ3v) is 1.87. The van der Waals surface area contributed by atoms with Crippen molar-refractivity contribution in [3.8, 4) is 0 Å². The second-order valence-electron chi connectivity index (χ2n) is 2.99. The van der Waals surface area contributed by atoms with Crippen molar-refractivity contribution >= 4 is 18.3 Å². The van der Waals surface area contributed by atoms with Crippen LogP contribution in [0.5, 0.6) is 0 Å². The number of piperidine rings is 1. The summed E-state index contributed by atoms with van der Waals surface area (Å²) in [6.45, 7) is 1.00. The number of halogens is 4. The molecular formula is C7H12ClF3N2O. The molecule has 1 rings (SSSR count). The summed E-state index contributed by atoms with van der Waals surface area (Å²) < 4.78 is 35.3. The van der Waals surface area contributed by atoms with Crippen molar-refractivity contribution in [1.29, 1.82) is 0 Å². The zero-order valence-electron chi connectivity index (χ0n) is 7.43. The topological polar surface area (TPSA) is 32.3 Å². The van der Waals surface area contributed by atoms with Gasteiger partial charge < -0.3 is 0 Å². The van der Waals surface area contributed by atoms with Crippen molar-refractivity contribution in [3.05, 3.63) is 0 Å². The highest BCUT2D eigenvalue weighted by Gasteiger charge is 2.39. The van der Waals surface area contributed by atoms with E-state index in [1.165, 1.54) is 5.01 Å². The molecule has 0 bridgehead atoms. The quantitative estimate of drug-likeness (QED) is 0.743. The van der Waals surface area contributed by atoms with Crippen LogP contribution in [0.1, 0.15) is 19.3 Å². The highest BCUT2D eigenvalue weighted by molar-refractivity contribution is 5.85. The van der Waals surface area contributed by atoms with Gasteiger partial charge >= 0.3 is 12.1 Å². The summed E-state index contributed by atoms with van der Waals surface area (Å²) in [6.07, 6.45) is -2.11. The monoisotopic (exact) mass is 232 g/mol. The Morgan fingerprint density at radius 2 is 1.64 bits per heavy atom. The van der Waals surface area contributed by atoms with Crippen LogP contribution in [0.3, 0.4) is 0 Å². The first-order valence-corrected chi connectivity index (χ1v) is 4.13. The van der Waals surface area contributed by atoms with E-state index in [0.29, 0.717) is 13.1 Å². The highest BCUT2D eigenvalue weighted by atomic mass is 35.5. The second-order valence-corrected chi connectivity index (χ2v) is 2.99. The Morgan fingerprint density at radius 1 is 1.14 bits per heavy atom. The third-order valence-electron chi connectivity index (χ3n) is 1.87. The molecular weight excluding hydrogens is 221 g/mol. The molecule has 1 heterocycles. The first kappa shape index (κ1) is 13.5. The maximum Gasteiger partial charge on any atom is 0.472 e. The van der Waals surface area contributed by atoms with Crippen molar-refractivity contribution in [1.82, 2.24) is 10.4 Å². The van der Waals surface area contributed by atoms with E-state index in [2.05, 4.69) is 0 Å². The number of nitrogens with one attached hydrogen (secondary N) is 1. The van der Waals surface area contributed by atoms with Gasteiger partial charge in [-0.3, -0.25) is 10.2 Å². The molecule has 0 radical (unpaired) electrons. The fourth-order valence-corrected chi connectivity index (χ4v) is 1.21. The smallest absolute Gasteiger partial charge is 0.281 e. The summed E-state index contributed by atoms with van der Waals surface area (Å²) in [4.78, 5) is 10.5. The lowest BCUT2D eigenvalue weighted by Crippen LogP contribution is -2.49. The van der Waals surface area contributed by atoms with Gasteiger partial charge in [0.15, 0.2) is 0 Å². The van der Waals surface area contributed by atoms with E-state index >= 15 is 0 Å². The van der Waals surface area contributed by atoms with E-state index in [9.17, 15) is 18.0 Å². The zero-order chi connectivity index (χ0) is 9.90. The molecule has 0 aromatic carbocycles. The Balaban J connectivity index is 0.00000169. The van der Waals surface area contributed by atoms with Gasteiger partial charge in [-0.1, -0.05) is 6.42 Å². The average Bonchev–Trinajstić information content (AvgIpc) is 2.04. The van der Waals surface area contributed by atoms with Crippen LogP contribution in [-0.4, -0.2) is 30.2 Å². The fourth-order valence-electron chi connectivity index (χ4n) is 1.21. The van der Waals surface area contributed by atoms with Crippen LogP contribution < -0.4 is 5.43 Å². The Hall–Kier alpha value is -0.490. The zero-order valence-corrected chi connectivity index (χ0v) is 8.25. The molecule has 3 nitrogen and oxygen atoms in total. The number of rotatable bonds is 1. The number of nitrogens with zero attached hydrogens (tertiary/aromatic N) is 1. The van der Waals surface area contributed by atoms with Gasteiger partial charge in [-0.05, 0) is 12.8 Å². The predicted octanol–water partition coefficient (Wildman–Crippen LogP) is 1.49. The van der Waals surface area contributed by atoms with Gasteiger partial charge in [0.1, 0.15) is 0 Å². The maximum absolute atomic E-state index is 11.8. The number of hydrogen-bond donors (Lipinski definition) is 1. The fraction of sp³-hybridized carbons (Fsp3) is 0.857. The van der Waals surface area contributed by atoms with Gasteiger partial charge in [0.2, 0.25) is 0 Å². The molecule has 0 unspecified atom stereocenters. The van der Waals surface area contributed by atoms with Crippen molar-refractivity contribution in [3.63, 3.8) is 0 Å². The Labute approximate surface area is 86.0 Å². The third kappa shape index (κ3) is 4.15.